The Kier molecular flexibility index (Phi) is 4.22. The Hall–Kier alpha value is -0.930. The molecule has 2 unspecified atom stereocenters. The molecule has 2 heterocycles. The van der Waals surface area contributed by atoms with Gasteiger partial charge in [-0.15, -0.1) is 0 Å². The van der Waals surface area contributed by atoms with Crippen molar-refractivity contribution < 1.29 is 16.8 Å². The SMILES string of the molecule is CC1CN(S(=O)(=O)CCn2ccnc2)CC(C)S1(=O)=O. The Balaban J connectivity index is 2.07. The second-order valence-corrected chi connectivity index (χ2v) is 10.0. The van der Waals surface area contributed by atoms with Crippen LogP contribution in [0.5, 0.6) is 0 Å². The molecule has 1 aliphatic rings. The van der Waals surface area contributed by atoms with Crippen LogP contribution in [0.15, 0.2) is 18.7 Å². The first kappa shape index (κ1) is 15.5. The highest BCUT2D eigenvalue weighted by Crippen LogP contribution is 2.21. The van der Waals surface area contributed by atoms with Gasteiger partial charge in [-0.25, -0.2) is 21.8 Å². The van der Waals surface area contributed by atoms with Crippen LogP contribution in [0.2, 0.25) is 0 Å². The molecule has 1 aliphatic heterocycles. The van der Waals surface area contributed by atoms with E-state index >= 15 is 0 Å². The van der Waals surface area contributed by atoms with Crippen molar-refractivity contribution in [2.75, 3.05) is 18.8 Å². The molecule has 20 heavy (non-hydrogen) atoms. The van der Waals surface area contributed by atoms with Crippen molar-refractivity contribution in [2.45, 2.75) is 30.9 Å². The Bertz CT molecular complexity index is 634. The van der Waals surface area contributed by atoms with Crippen LogP contribution in [0, 0.1) is 0 Å². The first-order valence-corrected chi connectivity index (χ1v) is 9.61. The molecular weight excluding hydrogens is 302 g/mol. The fourth-order valence-electron chi connectivity index (χ4n) is 2.25. The molecule has 0 saturated carbocycles. The maximum absolute atomic E-state index is 12.3. The summed E-state index contributed by atoms with van der Waals surface area (Å²) in [6, 6.07) is 0. The second-order valence-electron chi connectivity index (χ2n) is 5.14. The normalized spacial score (nSPS) is 27.5. The van der Waals surface area contributed by atoms with Crippen LogP contribution in [0.1, 0.15) is 13.8 Å². The topological polar surface area (TPSA) is 89.3 Å². The molecule has 114 valence electrons. The number of nitrogens with zero attached hydrogens (tertiary/aromatic N) is 3. The van der Waals surface area contributed by atoms with E-state index in [0.29, 0.717) is 6.54 Å². The summed E-state index contributed by atoms with van der Waals surface area (Å²) in [5.41, 5.74) is 0. The van der Waals surface area contributed by atoms with Crippen LogP contribution >= 0.6 is 0 Å². The minimum atomic E-state index is -3.46. The predicted molar refractivity (Wildman–Crippen MR) is 75.4 cm³/mol. The van der Waals surface area contributed by atoms with Gasteiger partial charge in [0.15, 0.2) is 9.84 Å². The summed E-state index contributed by atoms with van der Waals surface area (Å²) in [6.07, 6.45) is 4.84. The highest BCUT2D eigenvalue weighted by atomic mass is 32.2. The van der Waals surface area contributed by atoms with Crippen LogP contribution in [0.25, 0.3) is 0 Å². The van der Waals surface area contributed by atoms with Gasteiger partial charge in [0.1, 0.15) is 0 Å². The van der Waals surface area contributed by atoms with Crippen molar-refractivity contribution >= 4 is 19.9 Å². The average molecular weight is 321 g/mol. The smallest absolute Gasteiger partial charge is 0.215 e. The third-order valence-electron chi connectivity index (χ3n) is 3.60. The monoisotopic (exact) mass is 321 g/mol. The van der Waals surface area contributed by atoms with Crippen molar-refractivity contribution in [1.29, 1.82) is 0 Å². The van der Waals surface area contributed by atoms with Crippen LogP contribution < -0.4 is 0 Å². The number of aromatic nitrogens is 2. The Morgan fingerprint density at radius 2 is 1.85 bits per heavy atom. The number of aryl methyl sites for hydroxylation is 1. The molecule has 0 bridgehead atoms. The second kappa shape index (κ2) is 5.45. The third kappa shape index (κ3) is 3.04. The van der Waals surface area contributed by atoms with Gasteiger partial charge in [-0.1, -0.05) is 0 Å². The molecule has 7 nitrogen and oxygen atoms in total. The fraction of sp³-hybridized carbons (Fsp3) is 0.727. The van der Waals surface area contributed by atoms with Gasteiger partial charge in [0.2, 0.25) is 10.0 Å². The molecule has 1 aromatic rings. The molecule has 2 rings (SSSR count). The molecule has 0 spiro atoms. The number of hydrogen-bond acceptors (Lipinski definition) is 5. The van der Waals surface area contributed by atoms with Gasteiger partial charge in [-0.3, -0.25) is 0 Å². The molecule has 2 atom stereocenters. The third-order valence-corrected chi connectivity index (χ3v) is 7.93. The molecule has 0 aromatic carbocycles. The zero-order valence-electron chi connectivity index (χ0n) is 11.5. The predicted octanol–water partition coefficient (Wildman–Crippen LogP) is -0.280. The van der Waals surface area contributed by atoms with Gasteiger partial charge < -0.3 is 4.57 Å². The van der Waals surface area contributed by atoms with E-state index in [-0.39, 0.29) is 18.8 Å². The summed E-state index contributed by atoms with van der Waals surface area (Å²) in [5.74, 6) is -0.0527. The molecule has 1 saturated heterocycles. The van der Waals surface area contributed by atoms with Crippen LogP contribution in [0.4, 0.5) is 0 Å². The molecule has 1 aromatic heterocycles. The van der Waals surface area contributed by atoms with Gasteiger partial charge in [0.25, 0.3) is 0 Å². The lowest BCUT2D eigenvalue weighted by atomic mass is 10.4. The molecule has 9 heteroatoms. The molecule has 0 amide bonds. The van der Waals surface area contributed by atoms with E-state index in [1.807, 2.05) is 0 Å². The Morgan fingerprint density at radius 1 is 1.25 bits per heavy atom. The maximum Gasteiger partial charge on any atom is 0.215 e. The average Bonchev–Trinajstić information content (AvgIpc) is 2.86. The Morgan fingerprint density at radius 3 is 2.35 bits per heavy atom. The highest BCUT2D eigenvalue weighted by molar-refractivity contribution is 7.93. The van der Waals surface area contributed by atoms with Crippen molar-refractivity contribution in [1.82, 2.24) is 13.9 Å². The summed E-state index contributed by atoms with van der Waals surface area (Å²) in [7, 11) is -6.67. The summed E-state index contributed by atoms with van der Waals surface area (Å²) < 4.78 is 51.3. The molecular formula is C11H19N3O4S2. The zero-order valence-corrected chi connectivity index (χ0v) is 13.1. The van der Waals surface area contributed by atoms with E-state index in [1.54, 1.807) is 37.1 Å². The first-order valence-electron chi connectivity index (χ1n) is 6.40. The maximum atomic E-state index is 12.3. The number of rotatable bonds is 4. The molecule has 0 radical (unpaired) electrons. The number of imidazole rings is 1. The van der Waals surface area contributed by atoms with Crippen molar-refractivity contribution in [3.63, 3.8) is 0 Å². The van der Waals surface area contributed by atoms with E-state index < -0.39 is 30.4 Å². The number of sulfone groups is 1. The molecule has 0 N–H and O–H groups in total. The van der Waals surface area contributed by atoms with E-state index in [9.17, 15) is 16.8 Å². The zero-order chi connectivity index (χ0) is 15.0. The van der Waals surface area contributed by atoms with E-state index in [0.717, 1.165) is 0 Å². The van der Waals surface area contributed by atoms with Crippen molar-refractivity contribution in [3.05, 3.63) is 18.7 Å². The van der Waals surface area contributed by atoms with E-state index in [2.05, 4.69) is 4.98 Å². The van der Waals surface area contributed by atoms with Crippen LogP contribution in [0.3, 0.4) is 0 Å². The number of hydrogen-bond donors (Lipinski definition) is 0. The summed E-state index contributed by atoms with van der Waals surface area (Å²) in [4.78, 5) is 3.85. The first-order chi connectivity index (χ1) is 9.23. The van der Waals surface area contributed by atoms with Crippen LogP contribution in [-0.2, 0) is 26.4 Å². The van der Waals surface area contributed by atoms with Crippen molar-refractivity contribution in [2.24, 2.45) is 0 Å². The highest BCUT2D eigenvalue weighted by Gasteiger charge is 2.39. The molecule has 1 fully saturated rings. The van der Waals surface area contributed by atoms with Gasteiger partial charge in [0.05, 0.1) is 22.6 Å². The molecule has 0 aliphatic carbocycles. The van der Waals surface area contributed by atoms with Gasteiger partial charge >= 0.3 is 0 Å². The summed E-state index contributed by atoms with van der Waals surface area (Å²) in [6.45, 7) is 3.51. The quantitative estimate of drug-likeness (QED) is 0.761. The van der Waals surface area contributed by atoms with E-state index in [1.165, 1.54) is 4.31 Å². The van der Waals surface area contributed by atoms with Crippen molar-refractivity contribution in [3.8, 4) is 0 Å². The van der Waals surface area contributed by atoms with Gasteiger partial charge in [0, 0.05) is 32.0 Å². The minimum Gasteiger partial charge on any atom is -0.336 e. The fourth-order valence-corrected chi connectivity index (χ4v) is 5.61. The number of sulfonamides is 1. The summed E-state index contributed by atoms with van der Waals surface area (Å²) >= 11 is 0. The largest absolute Gasteiger partial charge is 0.336 e. The van der Waals surface area contributed by atoms with Crippen LogP contribution in [-0.4, -0.2) is 60.0 Å². The lowest BCUT2D eigenvalue weighted by Gasteiger charge is -2.33. The summed E-state index contributed by atoms with van der Waals surface area (Å²) in [5, 5.41) is -1.32. The standard InChI is InChI=1S/C11H19N3O4S2/c1-10-7-14(8-11(2)20(10,17)18)19(15,16)6-5-13-4-3-12-9-13/h3-4,9-11H,5-8H2,1-2H3. The Labute approximate surface area is 119 Å². The lowest BCUT2D eigenvalue weighted by Crippen LogP contribution is -2.52. The van der Waals surface area contributed by atoms with Gasteiger partial charge in [-0.05, 0) is 13.8 Å². The minimum absolute atomic E-state index is 0.0406. The van der Waals surface area contributed by atoms with Gasteiger partial charge in [-0.2, -0.15) is 4.31 Å². The van der Waals surface area contributed by atoms with E-state index in [4.69, 9.17) is 0 Å². The lowest BCUT2D eigenvalue weighted by molar-refractivity contribution is 0.384.